The van der Waals surface area contributed by atoms with Crippen molar-refractivity contribution in [3.8, 4) is 29.3 Å². The molecule has 0 bridgehead atoms. The lowest BCUT2D eigenvalue weighted by atomic mass is 10.1. The predicted octanol–water partition coefficient (Wildman–Crippen LogP) is 6.81. The molecule has 0 unspecified atom stereocenters. The molecular weight excluding hydrogens is 1630 g/mol. The quantitative estimate of drug-likeness (QED) is 0.0291. The normalized spacial score (nSPS) is 15.8. The molecule has 128 heavy (non-hydrogen) atoms. The fourth-order valence-electron chi connectivity index (χ4n) is 15.3. The molecule has 0 aliphatic carbocycles. The molecule has 18 rings (SSSR count). The molecule has 0 amide bonds. The van der Waals surface area contributed by atoms with Gasteiger partial charge in [-0.3, -0.25) is 4.90 Å². The molecule has 8 aromatic heterocycles. The summed E-state index contributed by atoms with van der Waals surface area (Å²) in [5.74, 6) is 7.48. The number of ether oxygens (including phenoxy) is 4. The molecule has 42 heteroatoms. The highest BCUT2D eigenvalue weighted by Crippen LogP contribution is 2.31. The van der Waals surface area contributed by atoms with E-state index in [0.29, 0.717) is 77.6 Å². The number of nitriles is 1. The van der Waals surface area contributed by atoms with E-state index in [-0.39, 0.29) is 23.8 Å². The summed E-state index contributed by atoms with van der Waals surface area (Å²) in [4.78, 5) is 70.9. The number of benzene rings is 4. The van der Waals surface area contributed by atoms with Crippen molar-refractivity contribution in [3.05, 3.63) is 158 Å². The minimum atomic E-state index is 0.224. The zero-order chi connectivity index (χ0) is 88.7. The van der Waals surface area contributed by atoms with Gasteiger partial charge in [0, 0.05) is 189 Å². The van der Waals surface area contributed by atoms with Crippen LogP contribution in [0.1, 0.15) is 39.7 Å². The number of piperazine rings is 1. The third-order valence-corrected chi connectivity index (χ3v) is 22.6. The molecule has 672 valence electrons. The number of anilines is 19. The van der Waals surface area contributed by atoms with Crippen molar-refractivity contribution in [1.82, 2.24) is 109 Å². The van der Waals surface area contributed by atoms with Crippen molar-refractivity contribution >= 4 is 111 Å². The van der Waals surface area contributed by atoms with E-state index in [1.165, 1.54) is 32.8 Å². The van der Waals surface area contributed by atoms with Gasteiger partial charge in [0.05, 0.1) is 64.1 Å². The summed E-state index contributed by atoms with van der Waals surface area (Å²) in [7, 11) is 4.17. The summed E-state index contributed by atoms with van der Waals surface area (Å²) in [6.45, 7) is 33.4. The van der Waals surface area contributed by atoms with Crippen molar-refractivity contribution in [3.63, 3.8) is 0 Å². The first-order valence-corrected chi connectivity index (χ1v) is 43.4. The minimum absolute atomic E-state index is 0.224. The predicted molar refractivity (Wildman–Crippen MR) is 498 cm³/mol. The Bertz CT molecular complexity index is 5520. The number of nitrogen functional groups attached to an aromatic ring is 4. The zero-order valence-corrected chi connectivity index (χ0v) is 73.4. The third-order valence-electron chi connectivity index (χ3n) is 22.6. The number of hydrogen-bond acceptors (Lipinski definition) is 38. The molecule has 12 aromatic rings. The van der Waals surface area contributed by atoms with Gasteiger partial charge >= 0.3 is 0 Å². The molecule has 0 atom stereocenters. The average molecular weight is 1740 g/mol. The first kappa shape index (κ1) is 88.9. The molecule has 0 saturated carbocycles. The van der Waals surface area contributed by atoms with Crippen LogP contribution in [0.5, 0.6) is 0 Å². The highest BCUT2D eigenvalue weighted by molar-refractivity contribution is 5.69. The summed E-state index contributed by atoms with van der Waals surface area (Å²) in [5, 5.41) is 40.2. The van der Waals surface area contributed by atoms with E-state index in [4.69, 9.17) is 41.9 Å². The molecule has 4 aromatic carbocycles. The topological polar surface area (TPSA) is 458 Å². The lowest BCUT2D eigenvalue weighted by Crippen LogP contribution is -2.49. The van der Waals surface area contributed by atoms with Crippen molar-refractivity contribution < 1.29 is 18.9 Å². The molecule has 0 radical (unpaired) electrons. The molecular formula is C86H114N38O4. The highest BCUT2D eigenvalue weighted by atomic mass is 16.5. The van der Waals surface area contributed by atoms with Gasteiger partial charge < -0.3 is 107 Å². The summed E-state index contributed by atoms with van der Waals surface area (Å²) < 4.78 is 27.7. The number of rotatable bonds is 25. The Hall–Kier alpha value is -14.0. The van der Waals surface area contributed by atoms with Gasteiger partial charge in [-0.15, -0.1) is 20.4 Å². The zero-order valence-electron chi connectivity index (χ0n) is 73.4. The van der Waals surface area contributed by atoms with E-state index in [1.54, 1.807) is 40.3 Å². The smallest absolute Gasteiger partial charge is 0.248 e. The maximum absolute atomic E-state index is 9.54. The number of nitrogens with zero attached hydrogens (tertiary/aromatic N) is 30. The van der Waals surface area contributed by atoms with Crippen molar-refractivity contribution in [1.29, 1.82) is 5.26 Å². The number of pyridine rings is 1. The van der Waals surface area contributed by atoms with Crippen LogP contribution in [-0.2, 0) is 18.9 Å². The second kappa shape index (κ2) is 43.3. The van der Waals surface area contributed by atoms with Gasteiger partial charge in [-0.2, -0.15) is 43.9 Å². The number of aromatic nitrogens is 19. The molecule has 42 nitrogen and oxygen atoms in total. The van der Waals surface area contributed by atoms with Crippen LogP contribution in [-0.4, -0.2) is 313 Å². The molecule has 12 N–H and O–H groups in total. The van der Waals surface area contributed by atoms with Crippen LogP contribution in [0.4, 0.5) is 111 Å². The van der Waals surface area contributed by atoms with Crippen LogP contribution in [0.15, 0.2) is 153 Å². The van der Waals surface area contributed by atoms with Gasteiger partial charge in [0.2, 0.25) is 47.6 Å². The Balaban J connectivity index is 0.000000132. The Morgan fingerprint density at radius 1 is 0.398 bits per heavy atom. The van der Waals surface area contributed by atoms with Gasteiger partial charge in [-0.25, -0.2) is 34.9 Å². The standard InChI is InChI=1S/C23H32N10O.C23H34N10O.C22H30N10O.C18H18N8O/c1-17(2)30-7-9-32(10-8-30)20-15-21(26-16-25-20)33-22(24)28-23(29-33)27-18-3-5-19(6-4-18)31-11-13-34-14-12-31;1-4-31(5-2)11-10-30(3)20-16-21(26-17-25-20)33-22(24)28-23(29-33)27-18-6-8-19(9-7-18)32-12-14-34-15-13-32;1-29-7-2-8-31(10-9-29)19-15-20(25-16-24-19)32-21(23)27-22(28-32)26-17-3-5-18(6-4-17)30-11-13-33-14-12-30;19-12-13-11-14(4-5-15(13)25-7-9-27-10-8-25)22-18-23-17(20)26(24-18)16-3-1-2-6-21-16/h3-6,15-17H,7-14H2,1-2H3,(H3,24,27,28,29);6-9,16-17H,4-5,10-15H2,1-3H3,(H3,24,27,28,29);3-6,15-16H,2,7-14H2,1H3,(H3,23,26,27,28);1-6,11H,7-10H2,(H3,20,22,23,24). The number of nitrogens with one attached hydrogen (secondary N) is 4. The van der Waals surface area contributed by atoms with E-state index < -0.39 is 0 Å². The Kier molecular flexibility index (Phi) is 30.1. The van der Waals surface area contributed by atoms with Crippen molar-refractivity contribution in [2.24, 2.45) is 0 Å². The second-order valence-corrected chi connectivity index (χ2v) is 31.3. The van der Waals surface area contributed by atoms with Gasteiger partial charge in [0.1, 0.15) is 42.5 Å². The Morgan fingerprint density at radius 2 is 0.789 bits per heavy atom. The highest BCUT2D eigenvalue weighted by Gasteiger charge is 2.25. The summed E-state index contributed by atoms with van der Waals surface area (Å²) >= 11 is 0. The first-order chi connectivity index (χ1) is 62.5. The maximum Gasteiger partial charge on any atom is 0.248 e. The molecule has 6 fully saturated rings. The van der Waals surface area contributed by atoms with Crippen molar-refractivity contribution in [2.75, 3.05) is 276 Å². The fourth-order valence-corrected chi connectivity index (χ4v) is 15.3. The van der Waals surface area contributed by atoms with Gasteiger partial charge in [0.25, 0.3) is 0 Å². The lowest BCUT2D eigenvalue weighted by Gasteiger charge is -2.37. The van der Waals surface area contributed by atoms with E-state index in [0.717, 1.165) is 217 Å². The Labute approximate surface area is 743 Å². The average Bonchev–Trinajstić information content (AvgIpc) is 1.50. The third kappa shape index (κ3) is 23.4. The van der Waals surface area contributed by atoms with E-state index in [2.05, 4.69) is 223 Å². The largest absolute Gasteiger partial charge is 0.378 e. The van der Waals surface area contributed by atoms with E-state index in [1.807, 2.05) is 85.9 Å². The number of morpholine rings is 4. The fraction of sp³-hybridized carbons (Fsp3) is 0.419. The SMILES string of the molecule is CC(C)N1CCN(c2cc(-n3nc(Nc4ccc(N5CCOCC5)cc4)nc3N)ncn2)CC1.CCN(CC)CCN(C)c1cc(-n2nc(Nc3ccc(N4CCOCC4)cc3)nc2N)ncn1.CN1CCCN(c2cc(-n3nc(Nc4ccc(N5CCOCC5)cc4)nc3N)ncn2)CC1.N#Cc1cc(Nc2nc(N)n(-c3ccccn3)n2)ccc1N1CCOCC1. The molecule has 0 spiro atoms. The monoisotopic (exact) mass is 1740 g/mol. The molecule has 6 aliphatic heterocycles. The number of hydrogen-bond donors (Lipinski definition) is 8. The van der Waals surface area contributed by atoms with Crippen LogP contribution < -0.4 is 78.5 Å². The van der Waals surface area contributed by atoms with Crippen molar-refractivity contribution in [2.45, 2.75) is 40.2 Å². The van der Waals surface area contributed by atoms with E-state index in [9.17, 15) is 5.26 Å². The molecule has 6 aliphatic rings. The number of likely N-dealkylation sites (N-methyl/N-ethyl adjacent to an activating group) is 3. The van der Waals surface area contributed by atoms with Gasteiger partial charge in [-0.1, -0.05) is 19.9 Å². The van der Waals surface area contributed by atoms with Gasteiger partial charge in [0.15, 0.2) is 23.3 Å². The maximum atomic E-state index is 9.54. The van der Waals surface area contributed by atoms with Crippen LogP contribution in [0, 0.1) is 11.3 Å². The lowest BCUT2D eigenvalue weighted by molar-refractivity contribution is 0.122. The first-order valence-electron chi connectivity index (χ1n) is 43.4. The van der Waals surface area contributed by atoms with Crippen LogP contribution in [0.3, 0.4) is 0 Å². The molecule has 14 heterocycles. The summed E-state index contributed by atoms with van der Waals surface area (Å²) in [6, 6.07) is 44.1. The summed E-state index contributed by atoms with van der Waals surface area (Å²) in [5.41, 5.74) is 32.8. The van der Waals surface area contributed by atoms with Crippen LogP contribution in [0.2, 0.25) is 0 Å². The second-order valence-electron chi connectivity index (χ2n) is 31.3. The van der Waals surface area contributed by atoms with E-state index >= 15 is 0 Å². The summed E-state index contributed by atoms with van der Waals surface area (Å²) in [6.07, 6.45) is 7.39. The minimum Gasteiger partial charge on any atom is -0.378 e. The van der Waals surface area contributed by atoms with Crippen LogP contribution >= 0.6 is 0 Å². The molecule has 6 saturated heterocycles. The van der Waals surface area contributed by atoms with Gasteiger partial charge in [-0.05, 0) is 150 Å². The number of nitrogens with two attached hydrogens (primary N) is 4. The van der Waals surface area contributed by atoms with Crippen LogP contribution in [0.25, 0.3) is 23.3 Å². The Morgan fingerprint density at radius 3 is 1.21 bits per heavy atom.